The Balaban J connectivity index is 3.21. The second kappa shape index (κ2) is 3.48. The Morgan fingerprint density at radius 2 is 2.25 bits per heavy atom. The molecule has 4 heteroatoms. The van der Waals surface area contributed by atoms with Gasteiger partial charge in [0, 0.05) is 0 Å². The molecule has 1 rings (SSSR count). The van der Waals surface area contributed by atoms with Gasteiger partial charge < -0.3 is 4.55 Å². The molecule has 0 saturated heterocycles. The molecule has 1 N–H and O–H groups in total. The van der Waals surface area contributed by atoms with Crippen LogP contribution in [-0.4, -0.2) is 8.76 Å². The molecule has 0 aromatic heterocycles. The number of hydrogen-bond donors (Lipinski definition) is 1. The van der Waals surface area contributed by atoms with Gasteiger partial charge in [0.05, 0.1) is 16.5 Å². The number of nitrogens with zero attached hydrogens (tertiary/aromatic N) is 1. The minimum Gasteiger partial charge on any atom is -0.302 e. The minimum absolute atomic E-state index is 0.325. The Bertz CT molecular complexity index is 368. The zero-order valence-corrected chi connectivity index (χ0v) is 7.26. The Labute approximate surface area is 72.9 Å². The van der Waals surface area contributed by atoms with Crippen LogP contribution in [0.25, 0.3) is 0 Å². The van der Waals surface area contributed by atoms with E-state index in [1.165, 1.54) is 12.1 Å². The largest absolute Gasteiger partial charge is 0.302 e. The lowest BCUT2D eigenvalue weighted by atomic mass is 10.1. The molecule has 0 aliphatic carbocycles. The topological polar surface area (TPSA) is 61.1 Å². The van der Waals surface area contributed by atoms with E-state index in [0.717, 1.165) is 5.56 Å². The average molecular weight is 181 g/mol. The predicted molar refractivity (Wildman–Crippen MR) is 44.9 cm³/mol. The average Bonchev–Trinajstić information content (AvgIpc) is 2.04. The third-order valence-electron chi connectivity index (χ3n) is 1.52. The van der Waals surface area contributed by atoms with Gasteiger partial charge in [-0.2, -0.15) is 5.26 Å². The van der Waals surface area contributed by atoms with Crippen molar-refractivity contribution in [2.45, 2.75) is 11.8 Å². The second-order valence-corrected chi connectivity index (χ2v) is 3.31. The Hall–Kier alpha value is -1.18. The van der Waals surface area contributed by atoms with Gasteiger partial charge in [0.2, 0.25) is 0 Å². The van der Waals surface area contributed by atoms with Crippen molar-refractivity contribution in [3.63, 3.8) is 0 Å². The van der Waals surface area contributed by atoms with Crippen molar-refractivity contribution >= 4 is 11.1 Å². The molecule has 1 atom stereocenters. The molecular formula is C8H7NO2S. The molecule has 0 bridgehead atoms. The maximum absolute atomic E-state index is 10.6. The third kappa shape index (κ3) is 1.70. The summed E-state index contributed by atoms with van der Waals surface area (Å²) in [7, 11) is 0. The molecule has 1 aromatic carbocycles. The van der Waals surface area contributed by atoms with Crippen LogP contribution in [0, 0.1) is 18.3 Å². The number of hydrogen-bond acceptors (Lipinski definition) is 2. The number of aryl methyl sites for hydroxylation is 1. The summed E-state index contributed by atoms with van der Waals surface area (Å²) >= 11 is -1.96. The first kappa shape index (κ1) is 8.91. The first-order valence-electron chi connectivity index (χ1n) is 3.27. The van der Waals surface area contributed by atoms with E-state index in [1.54, 1.807) is 13.0 Å². The summed E-state index contributed by atoms with van der Waals surface area (Å²) in [4.78, 5) is 0.325. The summed E-state index contributed by atoms with van der Waals surface area (Å²) in [5, 5.41) is 8.56. The Kier molecular flexibility index (Phi) is 2.58. The van der Waals surface area contributed by atoms with Crippen molar-refractivity contribution in [1.82, 2.24) is 0 Å². The lowest BCUT2D eigenvalue weighted by Gasteiger charge is -1.98. The van der Waals surface area contributed by atoms with Gasteiger partial charge in [-0.05, 0) is 30.7 Å². The quantitative estimate of drug-likeness (QED) is 0.667. The van der Waals surface area contributed by atoms with Crippen LogP contribution in [-0.2, 0) is 11.1 Å². The van der Waals surface area contributed by atoms with E-state index in [4.69, 9.17) is 9.81 Å². The molecule has 1 aromatic rings. The highest BCUT2D eigenvalue weighted by Crippen LogP contribution is 2.11. The predicted octanol–water partition coefficient (Wildman–Crippen LogP) is 1.45. The summed E-state index contributed by atoms with van der Waals surface area (Å²) in [6.45, 7) is 1.73. The number of nitriles is 1. The van der Waals surface area contributed by atoms with Crippen LogP contribution in [0.4, 0.5) is 0 Å². The van der Waals surface area contributed by atoms with Crippen LogP contribution in [0.3, 0.4) is 0 Å². The van der Waals surface area contributed by atoms with E-state index in [-0.39, 0.29) is 0 Å². The molecule has 0 saturated carbocycles. The smallest absolute Gasteiger partial charge is 0.186 e. The molecule has 0 fully saturated rings. The van der Waals surface area contributed by atoms with Gasteiger partial charge in [0.15, 0.2) is 11.1 Å². The summed E-state index contributed by atoms with van der Waals surface area (Å²) in [6, 6.07) is 6.53. The van der Waals surface area contributed by atoms with Gasteiger partial charge in [-0.15, -0.1) is 0 Å². The molecule has 0 radical (unpaired) electrons. The molecule has 0 amide bonds. The third-order valence-corrected chi connectivity index (χ3v) is 2.18. The second-order valence-electron chi connectivity index (χ2n) is 2.34. The van der Waals surface area contributed by atoms with Gasteiger partial charge in [-0.25, -0.2) is 4.21 Å². The maximum Gasteiger partial charge on any atom is 0.186 e. The molecule has 1 unspecified atom stereocenters. The van der Waals surface area contributed by atoms with Crippen LogP contribution in [0.5, 0.6) is 0 Å². The fourth-order valence-electron chi connectivity index (χ4n) is 0.870. The van der Waals surface area contributed by atoms with Gasteiger partial charge in [0.25, 0.3) is 0 Å². The molecule has 62 valence electrons. The first-order chi connectivity index (χ1) is 5.65. The monoisotopic (exact) mass is 181 g/mol. The lowest BCUT2D eigenvalue weighted by molar-refractivity contribution is 0.564. The van der Waals surface area contributed by atoms with Crippen molar-refractivity contribution in [3.05, 3.63) is 29.3 Å². The van der Waals surface area contributed by atoms with E-state index in [2.05, 4.69) is 0 Å². The van der Waals surface area contributed by atoms with Crippen molar-refractivity contribution in [2.24, 2.45) is 0 Å². The van der Waals surface area contributed by atoms with Crippen molar-refractivity contribution in [3.8, 4) is 6.07 Å². The normalized spacial score (nSPS) is 12.1. The number of benzene rings is 1. The van der Waals surface area contributed by atoms with E-state index in [0.29, 0.717) is 10.5 Å². The zero-order chi connectivity index (χ0) is 9.14. The highest BCUT2D eigenvalue weighted by atomic mass is 32.2. The Morgan fingerprint density at radius 3 is 2.67 bits per heavy atom. The SMILES string of the molecule is Cc1cc(S(=O)O)ccc1C#N. The van der Waals surface area contributed by atoms with E-state index < -0.39 is 11.1 Å². The molecule has 0 aliphatic rings. The van der Waals surface area contributed by atoms with Crippen LogP contribution in [0.2, 0.25) is 0 Å². The summed E-state index contributed by atoms with van der Waals surface area (Å²) in [5.41, 5.74) is 1.25. The van der Waals surface area contributed by atoms with Gasteiger partial charge in [-0.3, -0.25) is 0 Å². The molecular weight excluding hydrogens is 174 g/mol. The molecule has 0 aliphatic heterocycles. The fraction of sp³-hybridized carbons (Fsp3) is 0.125. The standard InChI is InChI=1S/C8H7NO2S/c1-6-4-8(12(10)11)3-2-7(6)5-9/h2-4H,1H3,(H,10,11). The zero-order valence-electron chi connectivity index (χ0n) is 6.44. The number of rotatable bonds is 1. The van der Waals surface area contributed by atoms with Crippen molar-refractivity contribution in [2.75, 3.05) is 0 Å². The maximum atomic E-state index is 10.6. The van der Waals surface area contributed by atoms with E-state index in [1.807, 2.05) is 6.07 Å². The fourth-order valence-corrected chi connectivity index (χ4v) is 1.33. The highest BCUT2D eigenvalue weighted by molar-refractivity contribution is 7.79. The van der Waals surface area contributed by atoms with Crippen molar-refractivity contribution in [1.29, 1.82) is 5.26 Å². The highest BCUT2D eigenvalue weighted by Gasteiger charge is 2.02. The van der Waals surface area contributed by atoms with E-state index >= 15 is 0 Å². The molecule has 3 nitrogen and oxygen atoms in total. The lowest BCUT2D eigenvalue weighted by Crippen LogP contribution is -1.90. The molecule has 12 heavy (non-hydrogen) atoms. The van der Waals surface area contributed by atoms with Crippen LogP contribution in [0.15, 0.2) is 23.1 Å². The van der Waals surface area contributed by atoms with Gasteiger partial charge >= 0.3 is 0 Å². The molecule has 0 heterocycles. The minimum atomic E-state index is -1.96. The van der Waals surface area contributed by atoms with E-state index in [9.17, 15) is 4.21 Å². The van der Waals surface area contributed by atoms with Gasteiger partial charge in [-0.1, -0.05) is 0 Å². The molecule has 0 spiro atoms. The Morgan fingerprint density at radius 1 is 1.58 bits per heavy atom. The van der Waals surface area contributed by atoms with Crippen LogP contribution in [0.1, 0.15) is 11.1 Å². The van der Waals surface area contributed by atoms with Crippen LogP contribution < -0.4 is 0 Å². The summed E-state index contributed by atoms with van der Waals surface area (Å²) < 4.78 is 19.3. The van der Waals surface area contributed by atoms with Crippen molar-refractivity contribution < 1.29 is 8.76 Å². The van der Waals surface area contributed by atoms with Crippen LogP contribution >= 0.6 is 0 Å². The van der Waals surface area contributed by atoms with Gasteiger partial charge in [0.1, 0.15) is 0 Å². The summed E-state index contributed by atoms with van der Waals surface area (Å²) in [5.74, 6) is 0. The first-order valence-corrected chi connectivity index (χ1v) is 4.37. The summed E-state index contributed by atoms with van der Waals surface area (Å²) in [6.07, 6.45) is 0.